The molecule has 1 rings (SSSR count). The largest absolute Gasteiger partial charge is 0.481 e. The van der Waals surface area contributed by atoms with Crippen molar-refractivity contribution in [1.29, 1.82) is 0 Å². The van der Waals surface area contributed by atoms with E-state index in [-0.39, 0.29) is 30.5 Å². The summed E-state index contributed by atoms with van der Waals surface area (Å²) in [7, 11) is 0. The Bertz CT molecular complexity index is 573. The van der Waals surface area contributed by atoms with Crippen LogP contribution in [0.15, 0.2) is 48.6 Å². The first kappa shape index (κ1) is 23.1. The van der Waals surface area contributed by atoms with Crippen LogP contribution in [0.25, 0.3) is 0 Å². The molecule has 0 saturated heterocycles. The fourth-order valence-corrected chi connectivity index (χ4v) is 3.18. The maximum atomic E-state index is 11.8. The number of carboxylic acids is 1. The molecular weight excluding hydrogens is 344 g/mol. The molecule has 0 bridgehead atoms. The van der Waals surface area contributed by atoms with Gasteiger partial charge in [-0.3, -0.25) is 9.59 Å². The molecule has 0 unspecified atom stereocenters. The van der Waals surface area contributed by atoms with Crippen LogP contribution in [-0.2, 0) is 9.59 Å². The molecule has 0 aliphatic heterocycles. The van der Waals surface area contributed by atoms with Crippen LogP contribution in [0.3, 0.4) is 0 Å². The van der Waals surface area contributed by atoms with E-state index in [1.807, 2.05) is 43.4 Å². The molecule has 1 aliphatic carbocycles. The highest BCUT2D eigenvalue weighted by Gasteiger charge is 2.38. The fraction of sp³-hybridized carbons (Fsp3) is 0.545. The van der Waals surface area contributed by atoms with Crippen LogP contribution in [0.4, 0.5) is 0 Å². The van der Waals surface area contributed by atoms with E-state index in [0.717, 1.165) is 12.8 Å². The molecule has 0 heterocycles. The Hall–Kier alpha value is -1.98. The molecular formula is C22H32O5. The Kier molecular flexibility index (Phi) is 11.3. The number of aliphatic hydroxyl groups excluding tert-OH is 2. The van der Waals surface area contributed by atoms with E-state index in [9.17, 15) is 19.8 Å². The van der Waals surface area contributed by atoms with E-state index in [2.05, 4.69) is 0 Å². The van der Waals surface area contributed by atoms with Crippen LogP contribution >= 0.6 is 0 Å². The van der Waals surface area contributed by atoms with Crippen molar-refractivity contribution in [2.24, 2.45) is 11.8 Å². The van der Waals surface area contributed by atoms with Crippen LogP contribution in [0.1, 0.15) is 51.9 Å². The molecule has 0 aromatic rings. The number of carbonyl (C=O) groups excluding carboxylic acids is 1. The number of rotatable bonds is 12. The van der Waals surface area contributed by atoms with Gasteiger partial charge in [0.25, 0.3) is 0 Å². The van der Waals surface area contributed by atoms with Crippen molar-refractivity contribution in [3.8, 4) is 0 Å². The van der Waals surface area contributed by atoms with Crippen molar-refractivity contribution in [2.75, 3.05) is 0 Å². The van der Waals surface area contributed by atoms with Gasteiger partial charge in [-0.05, 0) is 32.1 Å². The van der Waals surface area contributed by atoms with Gasteiger partial charge in [0.2, 0.25) is 0 Å². The Balaban J connectivity index is 2.22. The Morgan fingerprint density at radius 3 is 2.41 bits per heavy atom. The number of hydrogen-bond acceptors (Lipinski definition) is 4. The van der Waals surface area contributed by atoms with Crippen LogP contribution in [-0.4, -0.2) is 39.3 Å². The summed E-state index contributed by atoms with van der Waals surface area (Å²) in [6.45, 7) is 1.94. The number of hydrogen-bond donors (Lipinski definition) is 3. The summed E-state index contributed by atoms with van der Waals surface area (Å²) in [5, 5.41) is 28.5. The SMILES string of the molecule is CC[C@@H]1C(=O)C[C@H](O)[C@@H]1/C=C/[C@@H](O)C/C=C\C/C=C\C/C=C\CCC(=O)O. The second-order valence-corrected chi connectivity index (χ2v) is 6.84. The summed E-state index contributed by atoms with van der Waals surface area (Å²) in [5.74, 6) is -0.997. The highest BCUT2D eigenvalue weighted by molar-refractivity contribution is 5.84. The minimum Gasteiger partial charge on any atom is -0.481 e. The Morgan fingerprint density at radius 2 is 1.78 bits per heavy atom. The van der Waals surface area contributed by atoms with Gasteiger partial charge in [0.05, 0.1) is 12.2 Å². The number of carboxylic acid groups (broad SMARTS) is 1. The summed E-state index contributed by atoms with van der Waals surface area (Å²) in [6, 6.07) is 0. The molecule has 1 aliphatic rings. The van der Waals surface area contributed by atoms with E-state index in [4.69, 9.17) is 5.11 Å². The zero-order valence-corrected chi connectivity index (χ0v) is 16.0. The smallest absolute Gasteiger partial charge is 0.303 e. The lowest BCUT2D eigenvalue weighted by molar-refractivity contribution is -0.136. The number of aliphatic carboxylic acids is 1. The minimum atomic E-state index is -0.782. The van der Waals surface area contributed by atoms with Crippen molar-refractivity contribution in [3.63, 3.8) is 0 Å². The van der Waals surface area contributed by atoms with Crippen LogP contribution in [0.2, 0.25) is 0 Å². The summed E-state index contributed by atoms with van der Waals surface area (Å²) < 4.78 is 0. The summed E-state index contributed by atoms with van der Waals surface area (Å²) in [5.41, 5.74) is 0. The third kappa shape index (κ3) is 9.50. The number of ketones is 1. The topological polar surface area (TPSA) is 94.8 Å². The third-order valence-electron chi connectivity index (χ3n) is 4.67. The van der Waals surface area contributed by atoms with E-state index < -0.39 is 18.2 Å². The molecule has 5 heteroatoms. The molecule has 0 spiro atoms. The molecule has 4 atom stereocenters. The maximum absolute atomic E-state index is 11.8. The quantitative estimate of drug-likeness (QED) is 0.453. The number of aliphatic hydroxyl groups is 2. The first-order valence-corrected chi connectivity index (χ1v) is 9.69. The van der Waals surface area contributed by atoms with Gasteiger partial charge in [-0.15, -0.1) is 0 Å². The number of carbonyl (C=O) groups is 2. The zero-order valence-electron chi connectivity index (χ0n) is 16.0. The van der Waals surface area contributed by atoms with Gasteiger partial charge in [-0.1, -0.05) is 55.5 Å². The molecule has 3 N–H and O–H groups in total. The standard InChI is InChI=1S/C22H32O5/c1-2-18-19(21(25)16-20(18)24)15-14-17(23)12-10-8-6-4-3-5-7-9-11-13-22(26)27/h3-4,7-10,14-15,17-19,21,23,25H,2,5-6,11-13,16H2,1H3,(H,26,27)/b4-3-,9-7-,10-8-,15-14+/t17-,18-,19+,21-/m0/s1. The van der Waals surface area contributed by atoms with E-state index >= 15 is 0 Å². The normalized spacial score (nSPS) is 24.9. The fourth-order valence-electron chi connectivity index (χ4n) is 3.18. The lowest BCUT2D eigenvalue weighted by atomic mass is 9.91. The monoisotopic (exact) mass is 376 g/mol. The predicted octanol–water partition coefficient (Wildman–Crippen LogP) is 3.58. The number of allylic oxidation sites excluding steroid dienone is 5. The van der Waals surface area contributed by atoms with Crippen LogP contribution in [0.5, 0.6) is 0 Å². The molecule has 0 amide bonds. The van der Waals surface area contributed by atoms with E-state index in [1.54, 1.807) is 12.2 Å². The van der Waals surface area contributed by atoms with Crippen molar-refractivity contribution in [3.05, 3.63) is 48.6 Å². The van der Waals surface area contributed by atoms with Gasteiger partial charge in [0.1, 0.15) is 5.78 Å². The summed E-state index contributed by atoms with van der Waals surface area (Å²) >= 11 is 0. The second-order valence-electron chi connectivity index (χ2n) is 6.84. The first-order valence-electron chi connectivity index (χ1n) is 9.69. The molecule has 1 fully saturated rings. The van der Waals surface area contributed by atoms with Gasteiger partial charge in [-0.25, -0.2) is 0 Å². The molecule has 0 aromatic heterocycles. The van der Waals surface area contributed by atoms with E-state index in [0.29, 0.717) is 19.3 Å². The van der Waals surface area contributed by atoms with Gasteiger partial charge in [-0.2, -0.15) is 0 Å². The predicted molar refractivity (Wildman–Crippen MR) is 106 cm³/mol. The molecule has 27 heavy (non-hydrogen) atoms. The van der Waals surface area contributed by atoms with E-state index in [1.165, 1.54) is 0 Å². The third-order valence-corrected chi connectivity index (χ3v) is 4.67. The van der Waals surface area contributed by atoms with Gasteiger partial charge in [0, 0.05) is 24.7 Å². The molecule has 0 aromatic carbocycles. The van der Waals surface area contributed by atoms with Gasteiger partial charge in [0.15, 0.2) is 0 Å². The van der Waals surface area contributed by atoms with Crippen molar-refractivity contribution in [1.82, 2.24) is 0 Å². The average molecular weight is 376 g/mol. The lowest BCUT2D eigenvalue weighted by Crippen LogP contribution is -2.18. The Morgan fingerprint density at radius 1 is 1.15 bits per heavy atom. The zero-order chi connectivity index (χ0) is 20.1. The van der Waals surface area contributed by atoms with Crippen LogP contribution in [0, 0.1) is 11.8 Å². The molecule has 1 saturated carbocycles. The molecule has 5 nitrogen and oxygen atoms in total. The van der Waals surface area contributed by atoms with Crippen molar-refractivity contribution >= 4 is 11.8 Å². The minimum absolute atomic E-state index is 0.109. The van der Waals surface area contributed by atoms with Crippen molar-refractivity contribution < 1.29 is 24.9 Å². The highest BCUT2D eigenvalue weighted by Crippen LogP contribution is 2.32. The Labute approximate surface area is 161 Å². The highest BCUT2D eigenvalue weighted by atomic mass is 16.4. The van der Waals surface area contributed by atoms with Crippen LogP contribution < -0.4 is 0 Å². The summed E-state index contributed by atoms with van der Waals surface area (Å²) in [4.78, 5) is 22.1. The number of Topliss-reactive ketones (excluding diaryl/α,β-unsaturated/α-hetero) is 1. The maximum Gasteiger partial charge on any atom is 0.303 e. The molecule has 0 radical (unpaired) electrons. The summed E-state index contributed by atoms with van der Waals surface area (Å²) in [6.07, 6.45) is 17.6. The van der Waals surface area contributed by atoms with Gasteiger partial charge >= 0.3 is 5.97 Å². The first-order chi connectivity index (χ1) is 13.0. The average Bonchev–Trinajstić information content (AvgIpc) is 2.90. The lowest BCUT2D eigenvalue weighted by Gasteiger charge is -2.16. The van der Waals surface area contributed by atoms with Gasteiger partial charge < -0.3 is 15.3 Å². The van der Waals surface area contributed by atoms with Crippen molar-refractivity contribution in [2.45, 2.75) is 64.1 Å². The molecule has 150 valence electrons. The second kappa shape index (κ2) is 13.2.